The van der Waals surface area contributed by atoms with E-state index in [-0.39, 0.29) is 5.78 Å². The highest BCUT2D eigenvalue weighted by Gasteiger charge is 2.21. The quantitative estimate of drug-likeness (QED) is 0.783. The average molecular weight is 346 g/mol. The first-order valence-electron chi connectivity index (χ1n) is 5.75. The highest BCUT2D eigenvalue weighted by Crippen LogP contribution is 2.25. The topological polar surface area (TPSA) is 34.9 Å². The molecule has 2 aromatic rings. The van der Waals surface area contributed by atoms with Crippen molar-refractivity contribution in [3.05, 3.63) is 51.0 Å². The summed E-state index contributed by atoms with van der Waals surface area (Å²) in [5.41, 5.74) is 0.692. The van der Waals surface area contributed by atoms with Gasteiger partial charge in [-0.3, -0.25) is 9.48 Å². The molecule has 3 nitrogen and oxygen atoms in total. The minimum Gasteiger partial charge on any atom is -0.287 e. The second-order valence-corrected chi connectivity index (χ2v) is 5.28. The van der Waals surface area contributed by atoms with E-state index in [1.807, 2.05) is 6.92 Å². The molecule has 1 heterocycles. The number of rotatable bonds is 4. The summed E-state index contributed by atoms with van der Waals surface area (Å²) >= 11 is 9.20. The Bertz CT molecular complexity index is 627. The molecular weight excluding hydrogens is 335 g/mol. The Morgan fingerprint density at radius 1 is 1.53 bits per heavy atom. The maximum absolute atomic E-state index is 13.0. The third kappa shape index (κ3) is 2.87. The van der Waals surface area contributed by atoms with Gasteiger partial charge in [-0.05, 0) is 40.5 Å². The van der Waals surface area contributed by atoms with Crippen molar-refractivity contribution in [1.82, 2.24) is 9.78 Å². The number of carbonyl (C=O) groups excluding carboxylic acids is 1. The summed E-state index contributed by atoms with van der Waals surface area (Å²) in [4.78, 5) is 12.5. The highest BCUT2D eigenvalue weighted by molar-refractivity contribution is 9.10. The number of benzene rings is 1. The summed E-state index contributed by atoms with van der Waals surface area (Å²) in [7, 11) is 0. The molecule has 100 valence electrons. The number of halogens is 3. The van der Waals surface area contributed by atoms with Gasteiger partial charge >= 0.3 is 0 Å². The van der Waals surface area contributed by atoms with Gasteiger partial charge in [0.05, 0.1) is 11.2 Å². The van der Waals surface area contributed by atoms with Crippen LogP contribution in [-0.4, -0.2) is 15.6 Å². The van der Waals surface area contributed by atoms with Crippen LogP contribution in [0.25, 0.3) is 0 Å². The van der Waals surface area contributed by atoms with Crippen molar-refractivity contribution in [2.45, 2.75) is 19.9 Å². The van der Waals surface area contributed by atoms with Gasteiger partial charge in [0, 0.05) is 16.6 Å². The van der Waals surface area contributed by atoms with E-state index in [1.54, 1.807) is 4.68 Å². The van der Waals surface area contributed by atoms with E-state index < -0.39 is 5.82 Å². The van der Waals surface area contributed by atoms with Crippen LogP contribution in [0, 0.1) is 5.82 Å². The molecule has 0 N–H and O–H groups in total. The van der Waals surface area contributed by atoms with E-state index in [4.69, 9.17) is 11.6 Å². The first kappa shape index (κ1) is 14.2. The number of ketones is 1. The normalized spacial score (nSPS) is 10.7. The Balaban J connectivity index is 2.46. The maximum Gasteiger partial charge on any atom is 0.213 e. The summed E-state index contributed by atoms with van der Waals surface area (Å²) in [5, 5.41) is 4.37. The molecule has 0 atom stereocenters. The van der Waals surface area contributed by atoms with E-state index >= 15 is 0 Å². The van der Waals surface area contributed by atoms with E-state index in [9.17, 15) is 9.18 Å². The highest BCUT2D eigenvalue weighted by atomic mass is 79.9. The molecule has 1 aromatic carbocycles. The molecule has 2 rings (SSSR count). The van der Waals surface area contributed by atoms with E-state index in [0.29, 0.717) is 27.3 Å². The van der Waals surface area contributed by atoms with E-state index in [0.717, 1.165) is 6.42 Å². The monoisotopic (exact) mass is 344 g/mol. The van der Waals surface area contributed by atoms with Gasteiger partial charge in [0.1, 0.15) is 11.5 Å². The van der Waals surface area contributed by atoms with Gasteiger partial charge in [-0.1, -0.05) is 18.5 Å². The molecule has 0 aliphatic rings. The number of hydrogen-bond donors (Lipinski definition) is 0. The number of aryl methyl sites for hydroxylation is 1. The molecule has 0 fully saturated rings. The Kier molecular flexibility index (Phi) is 4.37. The molecule has 6 heteroatoms. The fraction of sp³-hybridized carbons (Fsp3) is 0.231. The number of hydrogen-bond acceptors (Lipinski definition) is 2. The van der Waals surface area contributed by atoms with Gasteiger partial charge in [0.2, 0.25) is 5.78 Å². The minimum atomic E-state index is -0.406. The van der Waals surface area contributed by atoms with Crippen molar-refractivity contribution >= 4 is 33.3 Å². The molecule has 1 aromatic heterocycles. The fourth-order valence-electron chi connectivity index (χ4n) is 1.77. The molecule has 0 unspecified atom stereocenters. The van der Waals surface area contributed by atoms with Crippen molar-refractivity contribution in [2.24, 2.45) is 0 Å². The number of nitrogens with zero attached hydrogens (tertiary/aromatic N) is 2. The summed E-state index contributed by atoms with van der Waals surface area (Å²) in [5.74, 6) is -0.681. The van der Waals surface area contributed by atoms with Crippen LogP contribution in [0.15, 0.2) is 28.9 Å². The van der Waals surface area contributed by atoms with Crippen molar-refractivity contribution < 1.29 is 9.18 Å². The Labute approximate surface area is 123 Å². The molecule has 0 radical (unpaired) electrons. The predicted octanol–water partition coefficient (Wildman–Crippen LogP) is 4.08. The SMILES string of the molecule is CCCn1ncc(Cl)c1C(=O)c1ccc(F)cc1Br. The van der Waals surface area contributed by atoms with Crippen molar-refractivity contribution in [3.8, 4) is 0 Å². The van der Waals surface area contributed by atoms with Crippen molar-refractivity contribution in [1.29, 1.82) is 0 Å². The molecule has 0 aliphatic heterocycles. The largest absolute Gasteiger partial charge is 0.287 e. The minimum absolute atomic E-state index is 0.275. The Morgan fingerprint density at radius 3 is 2.89 bits per heavy atom. The second kappa shape index (κ2) is 5.84. The number of aromatic nitrogens is 2. The van der Waals surface area contributed by atoms with Crippen molar-refractivity contribution in [2.75, 3.05) is 0 Å². The molecule has 0 bridgehead atoms. The van der Waals surface area contributed by atoms with Gasteiger partial charge in [0.25, 0.3) is 0 Å². The Morgan fingerprint density at radius 2 is 2.26 bits per heavy atom. The second-order valence-electron chi connectivity index (χ2n) is 4.02. The summed E-state index contributed by atoms with van der Waals surface area (Å²) in [6, 6.07) is 3.93. The molecule has 0 amide bonds. The molecule has 19 heavy (non-hydrogen) atoms. The lowest BCUT2D eigenvalue weighted by molar-refractivity contribution is 0.102. The van der Waals surface area contributed by atoms with Crippen molar-refractivity contribution in [3.63, 3.8) is 0 Å². The maximum atomic E-state index is 13.0. The molecule has 0 spiro atoms. The standard InChI is InChI=1S/C13H11BrClFN2O/c1-2-5-18-12(11(15)7-17-18)13(19)9-4-3-8(16)6-10(9)14/h3-4,6-7H,2,5H2,1H3. The third-order valence-electron chi connectivity index (χ3n) is 2.62. The fourth-order valence-corrected chi connectivity index (χ4v) is 2.53. The smallest absolute Gasteiger partial charge is 0.213 e. The zero-order valence-corrected chi connectivity index (χ0v) is 12.5. The van der Waals surface area contributed by atoms with Crippen LogP contribution in [-0.2, 0) is 6.54 Å². The molecule has 0 aliphatic carbocycles. The van der Waals surface area contributed by atoms with Gasteiger partial charge in [0.15, 0.2) is 0 Å². The lowest BCUT2D eigenvalue weighted by Gasteiger charge is -2.07. The van der Waals surface area contributed by atoms with Gasteiger partial charge in [-0.15, -0.1) is 0 Å². The van der Waals surface area contributed by atoms with E-state index in [1.165, 1.54) is 24.4 Å². The molecule has 0 saturated heterocycles. The summed E-state index contributed by atoms with van der Waals surface area (Å²) in [6.07, 6.45) is 2.28. The van der Waals surface area contributed by atoms with Gasteiger partial charge < -0.3 is 0 Å². The Hall–Kier alpha value is -1.20. The van der Waals surface area contributed by atoms with Gasteiger partial charge in [-0.2, -0.15) is 5.10 Å². The van der Waals surface area contributed by atoms with Crippen LogP contribution in [0.5, 0.6) is 0 Å². The zero-order valence-electron chi connectivity index (χ0n) is 10.2. The molecule has 0 saturated carbocycles. The van der Waals surface area contributed by atoms with Crippen LogP contribution in [0.2, 0.25) is 5.02 Å². The zero-order chi connectivity index (χ0) is 14.0. The first-order chi connectivity index (χ1) is 9.04. The van der Waals surface area contributed by atoms with Crippen LogP contribution >= 0.6 is 27.5 Å². The average Bonchev–Trinajstić information content (AvgIpc) is 2.70. The summed E-state index contributed by atoms with van der Waals surface area (Å²) < 4.78 is 15.0. The number of carbonyl (C=O) groups is 1. The van der Waals surface area contributed by atoms with Gasteiger partial charge in [-0.25, -0.2) is 4.39 Å². The lowest BCUT2D eigenvalue weighted by atomic mass is 10.1. The van der Waals surface area contributed by atoms with Crippen LogP contribution in [0.1, 0.15) is 29.4 Å². The predicted molar refractivity (Wildman–Crippen MR) is 75.1 cm³/mol. The summed E-state index contributed by atoms with van der Waals surface area (Å²) in [6.45, 7) is 2.59. The first-order valence-corrected chi connectivity index (χ1v) is 6.92. The van der Waals surface area contributed by atoms with E-state index in [2.05, 4.69) is 21.0 Å². The van der Waals surface area contributed by atoms with Crippen LogP contribution in [0.3, 0.4) is 0 Å². The van der Waals surface area contributed by atoms with Crippen LogP contribution < -0.4 is 0 Å². The third-order valence-corrected chi connectivity index (χ3v) is 3.55. The lowest BCUT2D eigenvalue weighted by Crippen LogP contribution is -2.12. The van der Waals surface area contributed by atoms with Crippen LogP contribution in [0.4, 0.5) is 4.39 Å². The molecular formula is C13H11BrClFN2O.